The van der Waals surface area contributed by atoms with E-state index >= 15 is 0 Å². The molecule has 1 heterocycles. The summed E-state index contributed by atoms with van der Waals surface area (Å²) in [5.41, 5.74) is -1.30. The Morgan fingerprint density at radius 1 is 1.53 bits per heavy atom. The van der Waals surface area contributed by atoms with Gasteiger partial charge in [-0.05, 0) is 31.2 Å². The van der Waals surface area contributed by atoms with E-state index in [1.807, 2.05) is 24.3 Å². The van der Waals surface area contributed by atoms with Crippen molar-refractivity contribution in [1.29, 1.82) is 0 Å². The second-order valence-electron chi connectivity index (χ2n) is 4.56. The summed E-state index contributed by atoms with van der Waals surface area (Å²) in [4.78, 5) is 11.1. The number of carboxylic acids is 1. The third-order valence-electron chi connectivity index (χ3n) is 2.81. The molecule has 1 aliphatic heterocycles. The van der Waals surface area contributed by atoms with Gasteiger partial charge in [0.2, 0.25) is 0 Å². The molecular weight excluding hydrogens is 316 g/mol. The van der Waals surface area contributed by atoms with Gasteiger partial charge in [-0.1, -0.05) is 15.9 Å². The number of hydrogen-bond donors (Lipinski definition) is 1. The van der Waals surface area contributed by atoms with E-state index in [0.29, 0.717) is 12.4 Å². The van der Waals surface area contributed by atoms with Crippen molar-refractivity contribution in [3.05, 3.63) is 28.7 Å². The van der Waals surface area contributed by atoms with Gasteiger partial charge in [0.1, 0.15) is 18.5 Å². The van der Waals surface area contributed by atoms with Gasteiger partial charge in [-0.2, -0.15) is 0 Å². The third kappa shape index (κ3) is 3.68. The summed E-state index contributed by atoms with van der Waals surface area (Å²) in [6.07, 6.45) is -0.390. The summed E-state index contributed by atoms with van der Waals surface area (Å²) < 4.78 is 17.3. The molecule has 0 spiro atoms. The molecule has 5 nitrogen and oxygen atoms in total. The van der Waals surface area contributed by atoms with Gasteiger partial charge in [0.15, 0.2) is 5.60 Å². The molecule has 6 heteroatoms. The molecule has 0 aromatic heterocycles. The molecule has 0 amide bonds. The molecule has 0 radical (unpaired) electrons. The Hall–Kier alpha value is -1.11. The number of halogens is 1. The van der Waals surface area contributed by atoms with E-state index in [1.54, 1.807) is 0 Å². The van der Waals surface area contributed by atoms with Gasteiger partial charge in [-0.25, -0.2) is 4.79 Å². The van der Waals surface area contributed by atoms with Crippen molar-refractivity contribution in [1.82, 2.24) is 0 Å². The summed E-state index contributed by atoms with van der Waals surface area (Å²) in [5, 5.41) is 9.08. The van der Waals surface area contributed by atoms with Crippen molar-refractivity contribution in [2.75, 3.05) is 19.8 Å². The van der Waals surface area contributed by atoms with Crippen LogP contribution in [0.15, 0.2) is 28.7 Å². The highest BCUT2D eigenvalue weighted by Crippen LogP contribution is 2.21. The zero-order chi connectivity index (χ0) is 13.9. The van der Waals surface area contributed by atoms with E-state index in [9.17, 15) is 4.79 Å². The van der Waals surface area contributed by atoms with Gasteiger partial charge in [-0.3, -0.25) is 0 Å². The van der Waals surface area contributed by atoms with Gasteiger partial charge in [-0.15, -0.1) is 0 Å². The summed E-state index contributed by atoms with van der Waals surface area (Å²) >= 11 is 3.34. The molecule has 0 aliphatic carbocycles. The zero-order valence-electron chi connectivity index (χ0n) is 10.5. The molecule has 19 heavy (non-hydrogen) atoms. The predicted octanol–water partition coefficient (Wildman–Crippen LogP) is 2.09. The van der Waals surface area contributed by atoms with Gasteiger partial charge >= 0.3 is 5.97 Å². The molecule has 2 rings (SSSR count). The Balaban J connectivity index is 1.89. The summed E-state index contributed by atoms with van der Waals surface area (Å²) in [6, 6.07) is 7.39. The molecule has 1 saturated heterocycles. The Bertz CT molecular complexity index is 447. The highest BCUT2D eigenvalue weighted by molar-refractivity contribution is 9.10. The van der Waals surface area contributed by atoms with Crippen LogP contribution >= 0.6 is 15.9 Å². The third-order valence-corrected chi connectivity index (χ3v) is 3.34. The molecule has 104 valence electrons. The van der Waals surface area contributed by atoms with Crippen molar-refractivity contribution in [3.8, 4) is 5.75 Å². The Kier molecular flexibility index (Phi) is 4.44. The first-order valence-electron chi connectivity index (χ1n) is 5.87. The Morgan fingerprint density at radius 2 is 2.21 bits per heavy atom. The maximum Gasteiger partial charge on any atom is 0.338 e. The Morgan fingerprint density at radius 3 is 2.84 bits per heavy atom. The predicted molar refractivity (Wildman–Crippen MR) is 71.4 cm³/mol. The average Bonchev–Trinajstić information content (AvgIpc) is 2.38. The van der Waals surface area contributed by atoms with Crippen molar-refractivity contribution in [2.24, 2.45) is 0 Å². The van der Waals surface area contributed by atoms with Crippen LogP contribution in [0, 0.1) is 0 Å². The van der Waals surface area contributed by atoms with Gasteiger partial charge in [0, 0.05) is 4.47 Å². The maximum absolute atomic E-state index is 11.1. The molecular formula is C13H15BrO5. The van der Waals surface area contributed by atoms with Crippen LogP contribution in [0.5, 0.6) is 5.75 Å². The number of hydrogen-bond acceptors (Lipinski definition) is 4. The standard InChI is InChI=1S/C13H15BrO5/c1-13(12(15)16)8-17-6-11(19-13)7-18-10-4-2-9(14)3-5-10/h2-5,11H,6-8H2,1H3,(H,15,16)/t11-,13?/m0/s1. The lowest BCUT2D eigenvalue weighted by Crippen LogP contribution is -2.52. The van der Waals surface area contributed by atoms with Crippen molar-refractivity contribution >= 4 is 21.9 Å². The summed E-state index contributed by atoms with van der Waals surface area (Å²) in [6.45, 7) is 2.14. The maximum atomic E-state index is 11.1. The van der Waals surface area contributed by atoms with E-state index in [0.717, 1.165) is 4.47 Å². The summed E-state index contributed by atoms with van der Waals surface area (Å²) in [7, 11) is 0. The monoisotopic (exact) mass is 330 g/mol. The number of aliphatic carboxylic acids is 1. The Labute approximate surface area is 119 Å². The topological polar surface area (TPSA) is 65.0 Å². The second-order valence-corrected chi connectivity index (χ2v) is 5.47. The quantitative estimate of drug-likeness (QED) is 0.915. The second kappa shape index (κ2) is 5.90. The van der Waals surface area contributed by atoms with Crippen LogP contribution in [-0.2, 0) is 14.3 Å². The molecule has 1 unspecified atom stereocenters. The molecule has 1 N–H and O–H groups in total. The molecule has 1 aromatic rings. The molecule has 1 aromatic carbocycles. The SMILES string of the molecule is CC1(C(=O)O)COC[C@@H](COc2ccc(Br)cc2)O1. The minimum atomic E-state index is -1.30. The first-order chi connectivity index (χ1) is 8.99. The number of carboxylic acid groups (broad SMARTS) is 1. The lowest BCUT2D eigenvalue weighted by molar-refractivity contribution is -0.214. The molecule has 0 saturated carbocycles. The fourth-order valence-electron chi connectivity index (χ4n) is 1.74. The molecule has 1 aliphatic rings. The van der Waals surface area contributed by atoms with Gasteiger partial charge < -0.3 is 19.3 Å². The van der Waals surface area contributed by atoms with Crippen molar-refractivity contribution in [2.45, 2.75) is 18.6 Å². The van der Waals surface area contributed by atoms with Crippen LogP contribution in [0.2, 0.25) is 0 Å². The fraction of sp³-hybridized carbons (Fsp3) is 0.462. The van der Waals surface area contributed by atoms with Crippen LogP contribution in [0.1, 0.15) is 6.92 Å². The van der Waals surface area contributed by atoms with Crippen molar-refractivity contribution < 1.29 is 24.1 Å². The average molecular weight is 331 g/mol. The van der Waals surface area contributed by atoms with Crippen LogP contribution in [0.25, 0.3) is 0 Å². The van der Waals surface area contributed by atoms with E-state index in [4.69, 9.17) is 19.3 Å². The molecule has 0 bridgehead atoms. The normalized spacial score (nSPS) is 26.9. The highest BCUT2D eigenvalue weighted by Gasteiger charge is 2.41. The number of benzene rings is 1. The first kappa shape index (κ1) is 14.3. The van der Waals surface area contributed by atoms with E-state index in [1.165, 1.54) is 6.92 Å². The smallest absolute Gasteiger partial charge is 0.338 e. The fourth-order valence-corrected chi connectivity index (χ4v) is 2.00. The first-order valence-corrected chi connectivity index (χ1v) is 6.66. The minimum Gasteiger partial charge on any atom is -0.491 e. The van der Waals surface area contributed by atoms with E-state index in [-0.39, 0.29) is 13.2 Å². The number of rotatable bonds is 4. The minimum absolute atomic E-state index is 0.0527. The van der Waals surface area contributed by atoms with Crippen LogP contribution < -0.4 is 4.74 Å². The highest BCUT2D eigenvalue weighted by atomic mass is 79.9. The number of ether oxygens (including phenoxy) is 3. The lowest BCUT2D eigenvalue weighted by atomic mass is 10.1. The van der Waals surface area contributed by atoms with Crippen LogP contribution in [-0.4, -0.2) is 42.6 Å². The summed E-state index contributed by atoms with van der Waals surface area (Å²) in [5.74, 6) is -0.324. The van der Waals surface area contributed by atoms with E-state index < -0.39 is 17.7 Å². The van der Waals surface area contributed by atoms with Crippen LogP contribution in [0.3, 0.4) is 0 Å². The number of carbonyl (C=O) groups is 1. The molecule has 1 fully saturated rings. The molecule has 2 atom stereocenters. The van der Waals surface area contributed by atoms with Gasteiger partial charge in [0.25, 0.3) is 0 Å². The van der Waals surface area contributed by atoms with Gasteiger partial charge in [0.05, 0.1) is 13.2 Å². The van der Waals surface area contributed by atoms with E-state index in [2.05, 4.69) is 15.9 Å². The largest absolute Gasteiger partial charge is 0.491 e. The lowest BCUT2D eigenvalue weighted by Gasteiger charge is -2.35. The van der Waals surface area contributed by atoms with Crippen LogP contribution in [0.4, 0.5) is 0 Å². The zero-order valence-corrected chi connectivity index (χ0v) is 12.1. The van der Waals surface area contributed by atoms with Crippen molar-refractivity contribution in [3.63, 3.8) is 0 Å².